The van der Waals surface area contributed by atoms with Crippen LogP contribution < -0.4 is 0 Å². The van der Waals surface area contributed by atoms with Crippen LogP contribution in [0.15, 0.2) is 60.8 Å². The summed E-state index contributed by atoms with van der Waals surface area (Å²) in [6.45, 7) is 0. The number of Topliss-reactive ketones (excluding diaryl/α,β-unsaturated/α-hetero) is 1. The molecule has 0 radical (unpaired) electrons. The molecule has 0 unspecified atom stereocenters. The second-order valence-electron chi connectivity index (χ2n) is 4.31. The number of fused-ring (bicyclic) bond motifs is 1. The molecule has 19 heavy (non-hydrogen) atoms. The molecule has 3 aromatic rings. The van der Waals surface area contributed by atoms with Crippen LogP contribution in [0.5, 0.6) is 0 Å². The van der Waals surface area contributed by atoms with E-state index in [9.17, 15) is 4.79 Å². The van der Waals surface area contributed by atoms with Crippen molar-refractivity contribution in [3.05, 3.63) is 72.2 Å². The highest BCUT2D eigenvalue weighted by Gasteiger charge is 2.08. The van der Waals surface area contributed by atoms with Gasteiger partial charge in [0.25, 0.3) is 0 Å². The number of nitrogens with zero attached hydrogens (tertiary/aromatic N) is 2. The largest absolute Gasteiger partial charge is 0.294 e. The Kier molecular flexibility index (Phi) is 3.02. The number of aromatic nitrogens is 2. The molecular weight excluding hydrogens is 236 g/mol. The molecule has 0 spiro atoms. The van der Waals surface area contributed by atoms with Crippen molar-refractivity contribution >= 4 is 16.7 Å². The van der Waals surface area contributed by atoms with E-state index in [-0.39, 0.29) is 12.2 Å². The maximum absolute atomic E-state index is 12.1. The maximum Gasteiger partial charge on any atom is 0.170 e. The van der Waals surface area contributed by atoms with Crippen LogP contribution in [0.4, 0.5) is 0 Å². The first-order valence-corrected chi connectivity index (χ1v) is 6.12. The van der Waals surface area contributed by atoms with E-state index in [1.54, 1.807) is 6.20 Å². The molecule has 0 saturated heterocycles. The molecule has 0 atom stereocenters. The first kappa shape index (κ1) is 11.5. The summed E-state index contributed by atoms with van der Waals surface area (Å²) in [5, 5.41) is 0.985. The molecule has 0 bridgehead atoms. The minimum atomic E-state index is 0.0379. The average molecular weight is 248 g/mol. The van der Waals surface area contributed by atoms with Crippen molar-refractivity contribution in [2.45, 2.75) is 6.42 Å². The zero-order valence-electron chi connectivity index (χ0n) is 10.3. The zero-order chi connectivity index (χ0) is 13.1. The fraction of sp³-hybridized carbons (Fsp3) is 0.0625. The lowest BCUT2D eigenvalue weighted by Crippen LogP contribution is -2.06. The van der Waals surface area contributed by atoms with Crippen molar-refractivity contribution in [1.82, 2.24) is 9.97 Å². The Balaban J connectivity index is 1.87. The Labute approximate surface area is 111 Å². The minimum Gasteiger partial charge on any atom is -0.294 e. The van der Waals surface area contributed by atoms with E-state index in [2.05, 4.69) is 9.97 Å². The molecule has 1 heterocycles. The van der Waals surface area contributed by atoms with Crippen molar-refractivity contribution < 1.29 is 4.79 Å². The van der Waals surface area contributed by atoms with Gasteiger partial charge in [-0.3, -0.25) is 4.79 Å². The number of ketones is 1. The molecule has 0 aliphatic heterocycles. The third-order valence-electron chi connectivity index (χ3n) is 2.95. The number of carbonyl (C=O) groups excluding carboxylic acids is 1. The van der Waals surface area contributed by atoms with Crippen LogP contribution in [0, 0.1) is 0 Å². The zero-order valence-corrected chi connectivity index (χ0v) is 10.3. The number of para-hydroxylation sites is 1. The molecule has 92 valence electrons. The molecule has 0 N–H and O–H groups in total. The minimum absolute atomic E-state index is 0.0379. The third-order valence-corrected chi connectivity index (χ3v) is 2.95. The predicted molar refractivity (Wildman–Crippen MR) is 74.0 cm³/mol. The summed E-state index contributed by atoms with van der Waals surface area (Å²) in [6, 6.07) is 17.0. The van der Waals surface area contributed by atoms with Gasteiger partial charge in [0, 0.05) is 17.1 Å². The summed E-state index contributed by atoms with van der Waals surface area (Å²) < 4.78 is 0. The van der Waals surface area contributed by atoms with Gasteiger partial charge in [-0.05, 0) is 6.07 Å². The number of benzene rings is 2. The van der Waals surface area contributed by atoms with E-state index in [0.29, 0.717) is 11.4 Å². The predicted octanol–water partition coefficient (Wildman–Crippen LogP) is 3.06. The van der Waals surface area contributed by atoms with Crippen LogP contribution in [0.2, 0.25) is 0 Å². The van der Waals surface area contributed by atoms with E-state index < -0.39 is 0 Å². The molecular formula is C16H12N2O. The number of hydrogen-bond acceptors (Lipinski definition) is 3. The molecule has 3 heteroatoms. The second-order valence-corrected chi connectivity index (χ2v) is 4.31. The molecule has 3 nitrogen and oxygen atoms in total. The van der Waals surface area contributed by atoms with Crippen molar-refractivity contribution in [2.24, 2.45) is 0 Å². The van der Waals surface area contributed by atoms with Crippen molar-refractivity contribution in [3.63, 3.8) is 0 Å². The highest BCUT2D eigenvalue weighted by molar-refractivity contribution is 5.97. The van der Waals surface area contributed by atoms with Gasteiger partial charge in [0.2, 0.25) is 0 Å². The molecule has 0 amide bonds. The lowest BCUT2D eigenvalue weighted by Gasteiger charge is -2.02. The fourth-order valence-electron chi connectivity index (χ4n) is 1.97. The van der Waals surface area contributed by atoms with Gasteiger partial charge in [0.05, 0.1) is 11.9 Å². The normalized spacial score (nSPS) is 10.5. The summed E-state index contributed by atoms with van der Waals surface area (Å²) in [5.41, 5.74) is 1.56. The molecule has 3 rings (SSSR count). The summed E-state index contributed by atoms with van der Waals surface area (Å²) in [4.78, 5) is 20.7. The summed E-state index contributed by atoms with van der Waals surface area (Å²) in [6.07, 6.45) is 1.99. The van der Waals surface area contributed by atoms with Gasteiger partial charge < -0.3 is 0 Å². The van der Waals surface area contributed by atoms with Gasteiger partial charge in [-0.2, -0.15) is 0 Å². The summed E-state index contributed by atoms with van der Waals surface area (Å²) in [7, 11) is 0. The number of hydrogen-bond donors (Lipinski definition) is 0. The lowest BCUT2D eigenvalue weighted by molar-refractivity contribution is 0.0991. The SMILES string of the molecule is O=C(Cc1ncc2ccccc2n1)c1ccccc1. The molecule has 0 saturated carbocycles. The van der Waals surface area contributed by atoms with Gasteiger partial charge in [0.1, 0.15) is 5.82 Å². The van der Waals surface area contributed by atoms with Gasteiger partial charge >= 0.3 is 0 Å². The number of rotatable bonds is 3. The van der Waals surface area contributed by atoms with E-state index >= 15 is 0 Å². The summed E-state index contributed by atoms with van der Waals surface area (Å²) >= 11 is 0. The summed E-state index contributed by atoms with van der Waals surface area (Å²) in [5.74, 6) is 0.600. The first-order valence-electron chi connectivity index (χ1n) is 6.12. The van der Waals surface area contributed by atoms with E-state index in [4.69, 9.17) is 0 Å². The smallest absolute Gasteiger partial charge is 0.170 e. The van der Waals surface area contributed by atoms with Crippen molar-refractivity contribution in [3.8, 4) is 0 Å². The van der Waals surface area contributed by atoms with Crippen LogP contribution in [0.25, 0.3) is 10.9 Å². The standard InChI is InChI=1S/C16H12N2O/c19-15(12-6-2-1-3-7-12)10-16-17-11-13-8-4-5-9-14(13)18-16/h1-9,11H,10H2. The van der Waals surface area contributed by atoms with E-state index in [1.165, 1.54) is 0 Å². The first-order chi connectivity index (χ1) is 9.33. The topological polar surface area (TPSA) is 42.9 Å². The van der Waals surface area contributed by atoms with Crippen LogP contribution in [0.1, 0.15) is 16.2 Å². The molecule has 1 aromatic heterocycles. The Morgan fingerprint density at radius 1 is 0.947 bits per heavy atom. The van der Waals surface area contributed by atoms with Crippen molar-refractivity contribution in [2.75, 3.05) is 0 Å². The highest BCUT2D eigenvalue weighted by atomic mass is 16.1. The Morgan fingerprint density at radius 3 is 2.53 bits per heavy atom. The van der Waals surface area contributed by atoms with Gasteiger partial charge in [-0.15, -0.1) is 0 Å². The number of carbonyl (C=O) groups is 1. The maximum atomic E-state index is 12.1. The molecule has 0 aliphatic rings. The highest BCUT2D eigenvalue weighted by Crippen LogP contribution is 2.11. The Morgan fingerprint density at radius 2 is 1.68 bits per heavy atom. The Bertz CT molecular complexity index is 723. The Hall–Kier alpha value is -2.55. The van der Waals surface area contributed by atoms with Crippen LogP contribution in [-0.4, -0.2) is 15.8 Å². The lowest BCUT2D eigenvalue weighted by atomic mass is 10.1. The van der Waals surface area contributed by atoms with Gasteiger partial charge in [-0.25, -0.2) is 9.97 Å². The van der Waals surface area contributed by atoms with Crippen molar-refractivity contribution in [1.29, 1.82) is 0 Å². The van der Waals surface area contributed by atoms with Gasteiger partial charge in [-0.1, -0.05) is 48.5 Å². The van der Waals surface area contributed by atoms with Crippen LogP contribution in [-0.2, 0) is 6.42 Å². The molecule has 0 fully saturated rings. The average Bonchev–Trinajstić information content (AvgIpc) is 2.48. The van der Waals surface area contributed by atoms with Crippen LogP contribution in [0.3, 0.4) is 0 Å². The van der Waals surface area contributed by atoms with E-state index in [1.807, 2.05) is 54.6 Å². The second kappa shape index (κ2) is 4.98. The van der Waals surface area contributed by atoms with E-state index in [0.717, 1.165) is 10.9 Å². The monoisotopic (exact) mass is 248 g/mol. The molecule has 0 aliphatic carbocycles. The van der Waals surface area contributed by atoms with Crippen LogP contribution >= 0.6 is 0 Å². The fourth-order valence-corrected chi connectivity index (χ4v) is 1.97. The molecule has 2 aromatic carbocycles. The quantitative estimate of drug-likeness (QED) is 0.669. The third kappa shape index (κ3) is 2.50. The van der Waals surface area contributed by atoms with Gasteiger partial charge in [0.15, 0.2) is 5.78 Å².